The summed E-state index contributed by atoms with van der Waals surface area (Å²) in [5.74, 6) is -0.865. The molecule has 78 valence electrons. The minimum Gasteiger partial charge on any atom is -0.462 e. The quantitative estimate of drug-likeness (QED) is 0.568. The predicted molar refractivity (Wildman–Crippen MR) is 47.4 cm³/mol. The number of rotatable bonds is 0. The molecule has 4 nitrogen and oxygen atoms in total. The lowest BCUT2D eigenvalue weighted by molar-refractivity contribution is -0.159. The smallest absolute Gasteiger partial charge is 0.315 e. The van der Waals surface area contributed by atoms with Crippen LogP contribution in [-0.2, 0) is 14.3 Å². The molecule has 0 spiro atoms. The Hall–Kier alpha value is -0.900. The molecular weight excluding hydrogens is 184 g/mol. The summed E-state index contributed by atoms with van der Waals surface area (Å²) in [6.07, 6.45) is 0.751. The first-order chi connectivity index (χ1) is 6.42. The molecule has 1 heterocycles. The van der Waals surface area contributed by atoms with Gasteiger partial charge in [-0.1, -0.05) is 6.92 Å². The molecule has 14 heavy (non-hydrogen) atoms. The Morgan fingerprint density at radius 2 is 2.14 bits per heavy atom. The van der Waals surface area contributed by atoms with Crippen molar-refractivity contribution in [2.45, 2.75) is 32.3 Å². The topological polar surface area (TPSA) is 63.6 Å². The van der Waals surface area contributed by atoms with E-state index in [1.807, 2.05) is 0 Å². The van der Waals surface area contributed by atoms with Gasteiger partial charge in [-0.25, -0.2) is 0 Å². The molecular formula is C10H14O4. The molecule has 1 N–H and O–H groups in total. The maximum Gasteiger partial charge on any atom is 0.315 e. The number of ketones is 1. The number of fused-ring (bicyclic) bond motifs is 1. The van der Waals surface area contributed by atoms with Crippen LogP contribution in [-0.4, -0.2) is 29.1 Å². The molecule has 3 atom stereocenters. The van der Waals surface area contributed by atoms with Crippen molar-refractivity contribution in [3.05, 3.63) is 0 Å². The largest absolute Gasteiger partial charge is 0.462 e. The fourth-order valence-corrected chi connectivity index (χ4v) is 2.45. The van der Waals surface area contributed by atoms with Crippen LogP contribution in [0.15, 0.2) is 0 Å². The normalized spacial score (nSPS) is 47.5. The van der Waals surface area contributed by atoms with Crippen molar-refractivity contribution >= 4 is 11.8 Å². The average Bonchev–Trinajstić information content (AvgIpc) is 2.39. The number of Topliss-reactive ketones (excluding diaryl/α,β-unsaturated/α-hetero) is 1. The fraction of sp³-hybridized carbons (Fsp3) is 0.800. The maximum atomic E-state index is 11.5. The number of carbonyl (C=O) groups is 2. The van der Waals surface area contributed by atoms with E-state index in [9.17, 15) is 14.7 Å². The number of hydrogen-bond donors (Lipinski definition) is 1. The van der Waals surface area contributed by atoms with Crippen molar-refractivity contribution in [2.75, 3.05) is 6.61 Å². The third-order valence-electron chi connectivity index (χ3n) is 3.90. The van der Waals surface area contributed by atoms with E-state index in [1.165, 1.54) is 0 Å². The molecule has 1 aliphatic heterocycles. The van der Waals surface area contributed by atoms with Crippen molar-refractivity contribution in [1.29, 1.82) is 0 Å². The van der Waals surface area contributed by atoms with Gasteiger partial charge in [0, 0.05) is 12.3 Å². The molecule has 0 amide bonds. The number of esters is 1. The molecule has 1 saturated carbocycles. The Kier molecular flexibility index (Phi) is 1.77. The summed E-state index contributed by atoms with van der Waals surface area (Å²) >= 11 is 0. The first-order valence-corrected chi connectivity index (χ1v) is 4.84. The van der Waals surface area contributed by atoms with Gasteiger partial charge in [-0.3, -0.25) is 9.59 Å². The molecule has 0 radical (unpaired) electrons. The molecule has 2 rings (SSSR count). The SMILES string of the molecule is CC1C(=O)CC[C@]2(C)C(=O)OC[C@]12O. The zero-order chi connectivity index (χ0) is 10.6. The van der Waals surface area contributed by atoms with Crippen molar-refractivity contribution in [2.24, 2.45) is 11.3 Å². The summed E-state index contributed by atoms with van der Waals surface area (Å²) < 4.78 is 4.88. The molecule has 1 unspecified atom stereocenters. The van der Waals surface area contributed by atoms with E-state index in [1.54, 1.807) is 13.8 Å². The summed E-state index contributed by atoms with van der Waals surface area (Å²) in [4.78, 5) is 23.0. The lowest BCUT2D eigenvalue weighted by Gasteiger charge is -2.42. The minimum absolute atomic E-state index is 0.0169. The lowest BCUT2D eigenvalue weighted by atomic mass is 9.61. The summed E-state index contributed by atoms with van der Waals surface area (Å²) in [5.41, 5.74) is -2.18. The third kappa shape index (κ3) is 0.869. The highest BCUT2D eigenvalue weighted by Gasteiger charge is 2.64. The molecule has 0 aromatic heterocycles. The van der Waals surface area contributed by atoms with E-state index in [0.29, 0.717) is 12.8 Å². The predicted octanol–water partition coefficient (Wildman–Crippen LogP) is 0.280. The minimum atomic E-state index is -1.29. The Morgan fingerprint density at radius 1 is 1.50 bits per heavy atom. The summed E-state index contributed by atoms with van der Waals surface area (Å²) in [7, 11) is 0. The molecule has 2 fully saturated rings. The van der Waals surface area contributed by atoms with Crippen LogP contribution in [0.2, 0.25) is 0 Å². The number of aliphatic hydroxyl groups is 1. The molecule has 4 heteroatoms. The standard InChI is InChI=1S/C10H14O4/c1-6-7(11)3-4-9(2)8(12)14-5-10(6,9)13/h6,13H,3-5H2,1-2H3/t6?,9-,10+/m1/s1. The van der Waals surface area contributed by atoms with Gasteiger partial charge >= 0.3 is 5.97 Å². The number of hydrogen-bond acceptors (Lipinski definition) is 4. The number of ether oxygens (including phenoxy) is 1. The zero-order valence-corrected chi connectivity index (χ0v) is 8.37. The summed E-state index contributed by atoms with van der Waals surface area (Å²) in [6.45, 7) is 3.31. The molecule has 2 aliphatic rings. The number of carbonyl (C=O) groups excluding carboxylic acids is 2. The molecule has 1 saturated heterocycles. The van der Waals surface area contributed by atoms with Gasteiger partial charge in [-0.15, -0.1) is 0 Å². The van der Waals surface area contributed by atoms with Crippen molar-refractivity contribution in [3.63, 3.8) is 0 Å². The summed E-state index contributed by atoms with van der Waals surface area (Å²) in [5, 5.41) is 10.3. The van der Waals surface area contributed by atoms with E-state index in [-0.39, 0.29) is 18.4 Å². The maximum absolute atomic E-state index is 11.5. The van der Waals surface area contributed by atoms with E-state index in [0.717, 1.165) is 0 Å². The van der Waals surface area contributed by atoms with Crippen LogP contribution in [0.1, 0.15) is 26.7 Å². The third-order valence-corrected chi connectivity index (χ3v) is 3.90. The highest BCUT2D eigenvalue weighted by molar-refractivity contribution is 5.90. The molecule has 0 bridgehead atoms. The Labute approximate surface area is 82.2 Å². The van der Waals surface area contributed by atoms with Crippen LogP contribution >= 0.6 is 0 Å². The second-order valence-corrected chi connectivity index (χ2v) is 4.52. The van der Waals surface area contributed by atoms with Gasteiger partial charge in [-0.05, 0) is 13.3 Å². The van der Waals surface area contributed by atoms with E-state index >= 15 is 0 Å². The number of cyclic esters (lactones) is 1. The van der Waals surface area contributed by atoms with E-state index < -0.39 is 16.9 Å². The fourth-order valence-electron chi connectivity index (χ4n) is 2.45. The zero-order valence-electron chi connectivity index (χ0n) is 8.37. The molecule has 0 aromatic carbocycles. The Morgan fingerprint density at radius 3 is 2.79 bits per heavy atom. The molecule has 1 aliphatic carbocycles. The van der Waals surface area contributed by atoms with Crippen LogP contribution < -0.4 is 0 Å². The first kappa shape index (κ1) is 9.65. The highest BCUT2D eigenvalue weighted by Crippen LogP contribution is 2.50. The van der Waals surface area contributed by atoms with Gasteiger partial charge in [0.2, 0.25) is 0 Å². The molecule has 0 aromatic rings. The van der Waals surface area contributed by atoms with Crippen LogP contribution in [0.4, 0.5) is 0 Å². The van der Waals surface area contributed by atoms with E-state index in [4.69, 9.17) is 4.74 Å². The van der Waals surface area contributed by atoms with Crippen molar-refractivity contribution in [3.8, 4) is 0 Å². The van der Waals surface area contributed by atoms with Crippen LogP contribution in [0.3, 0.4) is 0 Å². The lowest BCUT2D eigenvalue weighted by Crippen LogP contribution is -2.57. The van der Waals surface area contributed by atoms with Crippen LogP contribution in [0, 0.1) is 11.3 Å². The van der Waals surface area contributed by atoms with Crippen molar-refractivity contribution < 1.29 is 19.4 Å². The van der Waals surface area contributed by atoms with Gasteiger partial charge in [-0.2, -0.15) is 0 Å². The van der Waals surface area contributed by atoms with Crippen LogP contribution in [0.5, 0.6) is 0 Å². The Bertz CT molecular complexity index is 311. The van der Waals surface area contributed by atoms with Crippen LogP contribution in [0.25, 0.3) is 0 Å². The monoisotopic (exact) mass is 198 g/mol. The second-order valence-electron chi connectivity index (χ2n) is 4.52. The van der Waals surface area contributed by atoms with Gasteiger partial charge in [0.1, 0.15) is 18.0 Å². The van der Waals surface area contributed by atoms with E-state index in [2.05, 4.69) is 0 Å². The highest BCUT2D eigenvalue weighted by atomic mass is 16.6. The van der Waals surface area contributed by atoms with Gasteiger partial charge in [0.15, 0.2) is 0 Å². The van der Waals surface area contributed by atoms with Crippen molar-refractivity contribution in [1.82, 2.24) is 0 Å². The summed E-state index contributed by atoms with van der Waals surface area (Å²) in [6, 6.07) is 0. The second kappa shape index (κ2) is 2.57. The first-order valence-electron chi connectivity index (χ1n) is 4.84. The van der Waals surface area contributed by atoms with Gasteiger partial charge in [0.25, 0.3) is 0 Å². The van der Waals surface area contributed by atoms with Gasteiger partial charge < -0.3 is 9.84 Å². The average molecular weight is 198 g/mol. The van der Waals surface area contributed by atoms with Gasteiger partial charge in [0.05, 0.1) is 5.41 Å². The Balaban J connectivity index is 2.45.